The van der Waals surface area contributed by atoms with Crippen LogP contribution in [0, 0.1) is 0 Å². The summed E-state index contributed by atoms with van der Waals surface area (Å²) in [5, 5.41) is 3.06. The number of halogens is 3. The Hall–Kier alpha value is -3.60. The second-order valence-electron chi connectivity index (χ2n) is 12.8. The first-order valence-electron chi connectivity index (χ1n) is 15.3. The third-order valence-corrected chi connectivity index (χ3v) is 9.09. The van der Waals surface area contributed by atoms with Crippen molar-refractivity contribution in [1.82, 2.24) is 10.2 Å². The largest absolute Gasteiger partial charge is 0.487 e. The molecular formula is C33H41F3N4O4. The lowest BCUT2D eigenvalue weighted by molar-refractivity contribution is -0.140. The monoisotopic (exact) mass is 614 g/mol. The fourth-order valence-corrected chi connectivity index (χ4v) is 6.79. The van der Waals surface area contributed by atoms with E-state index in [0.29, 0.717) is 25.0 Å². The van der Waals surface area contributed by atoms with Crippen LogP contribution in [-0.2, 0) is 22.1 Å². The van der Waals surface area contributed by atoms with E-state index in [1.165, 1.54) is 24.1 Å². The molecule has 4 aliphatic rings. The molecule has 0 saturated carbocycles. The van der Waals surface area contributed by atoms with E-state index in [4.69, 9.17) is 20.2 Å². The number of fused-ring (bicyclic) bond motifs is 5. The van der Waals surface area contributed by atoms with Gasteiger partial charge in [-0.05, 0) is 81.3 Å². The van der Waals surface area contributed by atoms with Crippen LogP contribution in [0.25, 0.3) is 0 Å². The molecule has 4 aliphatic heterocycles. The van der Waals surface area contributed by atoms with Gasteiger partial charge < -0.3 is 20.5 Å². The quantitative estimate of drug-likeness (QED) is 0.424. The molecule has 44 heavy (non-hydrogen) atoms. The summed E-state index contributed by atoms with van der Waals surface area (Å²) in [7, 11) is 1.44. The van der Waals surface area contributed by atoms with Crippen LogP contribution in [0.5, 0.6) is 5.75 Å². The SMILES string of the molecule is CC[C@@]12CCCCc3ccc4c(c3)[C@H](CC(C)(C)O4)NC(=O)c3ccc(C(F)(F)F)c(c3)C(CCOC)N(C(=O)C1)C(N)=N2. The van der Waals surface area contributed by atoms with Crippen LogP contribution >= 0.6 is 0 Å². The Bertz CT molecular complexity index is 1460. The zero-order valence-electron chi connectivity index (χ0n) is 25.7. The number of hydrogen-bond donors (Lipinski definition) is 2. The van der Waals surface area contributed by atoms with Crippen LogP contribution in [0.4, 0.5) is 13.2 Å². The summed E-state index contributed by atoms with van der Waals surface area (Å²) in [5.41, 5.74) is 5.94. The number of amides is 2. The second-order valence-corrected chi connectivity index (χ2v) is 12.8. The molecule has 3 N–H and O–H groups in total. The Morgan fingerprint density at radius 2 is 1.91 bits per heavy atom. The summed E-state index contributed by atoms with van der Waals surface area (Å²) < 4.78 is 54.8. The van der Waals surface area contributed by atoms with Crippen LogP contribution < -0.4 is 15.8 Å². The van der Waals surface area contributed by atoms with E-state index in [2.05, 4.69) is 5.32 Å². The first-order valence-corrected chi connectivity index (χ1v) is 15.3. The molecular weight excluding hydrogens is 573 g/mol. The zero-order valence-corrected chi connectivity index (χ0v) is 25.7. The molecule has 4 heterocycles. The van der Waals surface area contributed by atoms with Gasteiger partial charge in [0.25, 0.3) is 5.91 Å². The van der Waals surface area contributed by atoms with Crippen molar-refractivity contribution in [2.24, 2.45) is 10.7 Å². The Kier molecular flexibility index (Phi) is 8.72. The van der Waals surface area contributed by atoms with Gasteiger partial charge in [-0.15, -0.1) is 0 Å². The molecule has 0 aromatic heterocycles. The van der Waals surface area contributed by atoms with Crippen molar-refractivity contribution in [3.05, 3.63) is 64.2 Å². The summed E-state index contributed by atoms with van der Waals surface area (Å²) in [6, 6.07) is 7.74. The average Bonchev–Trinajstić information content (AvgIpc) is 2.95. The molecule has 0 spiro atoms. The predicted molar refractivity (Wildman–Crippen MR) is 160 cm³/mol. The molecule has 0 aliphatic carbocycles. The molecule has 3 atom stereocenters. The number of aryl methyl sites for hydroxylation is 1. The Morgan fingerprint density at radius 1 is 1.14 bits per heavy atom. The molecule has 6 rings (SSSR count). The molecule has 8 nitrogen and oxygen atoms in total. The number of nitrogens with zero attached hydrogens (tertiary/aromatic N) is 2. The smallest absolute Gasteiger partial charge is 0.416 e. The van der Waals surface area contributed by atoms with Gasteiger partial charge in [-0.1, -0.05) is 25.5 Å². The van der Waals surface area contributed by atoms with Crippen LogP contribution in [-0.4, -0.2) is 47.5 Å². The van der Waals surface area contributed by atoms with Crippen molar-refractivity contribution in [1.29, 1.82) is 0 Å². The van der Waals surface area contributed by atoms with Crippen molar-refractivity contribution >= 4 is 17.8 Å². The molecule has 1 unspecified atom stereocenters. The molecule has 2 aromatic rings. The number of guanidine groups is 1. The van der Waals surface area contributed by atoms with Gasteiger partial charge in [0.15, 0.2) is 5.96 Å². The minimum Gasteiger partial charge on any atom is -0.487 e. The predicted octanol–water partition coefficient (Wildman–Crippen LogP) is 6.24. The first-order chi connectivity index (χ1) is 20.8. The minimum absolute atomic E-state index is 0.0239. The highest BCUT2D eigenvalue weighted by atomic mass is 19.4. The van der Waals surface area contributed by atoms with Gasteiger partial charge in [-0.3, -0.25) is 14.5 Å². The molecule has 0 fully saturated rings. The highest BCUT2D eigenvalue weighted by Gasteiger charge is 2.44. The van der Waals surface area contributed by atoms with Crippen LogP contribution in [0.15, 0.2) is 41.4 Å². The topological polar surface area (TPSA) is 106 Å². The summed E-state index contributed by atoms with van der Waals surface area (Å²) in [5.74, 6) is -0.356. The summed E-state index contributed by atoms with van der Waals surface area (Å²) in [6.07, 6.45) is -0.613. The van der Waals surface area contributed by atoms with Crippen molar-refractivity contribution < 1.29 is 32.2 Å². The van der Waals surface area contributed by atoms with E-state index in [1.807, 2.05) is 39.0 Å². The van der Waals surface area contributed by atoms with Gasteiger partial charge in [0.1, 0.15) is 11.4 Å². The number of ether oxygens (including phenoxy) is 2. The third-order valence-electron chi connectivity index (χ3n) is 9.09. The fourth-order valence-electron chi connectivity index (χ4n) is 6.79. The van der Waals surface area contributed by atoms with Gasteiger partial charge in [0.05, 0.1) is 29.6 Å². The van der Waals surface area contributed by atoms with Crippen molar-refractivity contribution in [3.63, 3.8) is 0 Å². The molecule has 0 radical (unpaired) electrons. The minimum atomic E-state index is -4.75. The van der Waals surface area contributed by atoms with E-state index in [-0.39, 0.29) is 36.5 Å². The number of carbonyl (C=O) groups is 2. The van der Waals surface area contributed by atoms with Gasteiger partial charge in [0.2, 0.25) is 5.91 Å². The van der Waals surface area contributed by atoms with Crippen molar-refractivity contribution in [2.45, 2.75) is 102 Å². The van der Waals surface area contributed by atoms with Gasteiger partial charge in [0, 0.05) is 31.3 Å². The van der Waals surface area contributed by atoms with Crippen molar-refractivity contribution in [2.75, 3.05) is 13.7 Å². The number of nitrogens with one attached hydrogen (secondary N) is 1. The molecule has 2 amide bonds. The maximum atomic E-state index is 14.5. The molecule has 6 bridgehead atoms. The molecule has 238 valence electrons. The number of aliphatic imine (C=N–C) groups is 1. The maximum absolute atomic E-state index is 14.5. The average molecular weight is 615 g/mol. The number of benzene rings is 2. The normalized spacial score (nSPS) is 25.4. The maximum Gasteiger partial charge on any atom is 0.416 e. The lowest BCUT2D eigenvalue weighted by Crippen LogP contribution is -2.53. The first kappa shape index (κ1) is 31.8. The Balaban J connectivity index is 1.67. The van der Waals surface area contributed by atoms with Gasteiger partial charge >= 0.3 is 6.18 Å². The van der Waals surface area contributed by atoms with E-state index >= 15 is 0 Å². The molecule has 11 heteroatoms. The number of hydrogen-bond acceptors (Lipinski definition) is 6. The van der Waals surface area contributed by atoms with E-state index in [0.717, 1.165) is 36.5 Å². The van der Waals surface area contributed by atoms with E-state index < -0.39 is 46.8 Å². The molecule has 0 saturated heterocycles. The summed E-state index contributed by atoms with van der Waals surface area (Å²) in [4.78, 5) is 33.5. The number of carbonyl (C=O) groups excluding carboxylic acids is 2. The number of alkyl halides is 3. The van der Waals surface area contributed by atoms with E-state index in [1.54, 1.807) is 0 Å². The van der Waals surface area contributed by atoms with Crippen LogP contribution in [0.3, 0.4) is 0 Å². The third kappa shape index (κ3) is 6.43. The zero-order chi connectivity index (χ0) is 31.9. The lowest BCUT2D eigenvalue weighted by atomic mass is 9.83. The fraction of sp³-hybridized carbons (Fsp3) is 0.545. The Morgan fingerprint density at radius 3 is 2.59 bits per heavy atom. The van der Waals surface area contributed by atoms with Crippen LogP contribution in [0.1, 0.15) is 110 Å². The van der Waals surface area contributed by atoms with Gasteiger partial charge in [-0.25, -0.2) is 4.99 Å². The highest BCUT2D eigenvalue weighted by Crippen LogP contribution is 2.43. The number of nitrogens with two attached hydrogens (primary N) is 1. The standard InChI is InChI=1S/C33H41F3N4O4/c1-5-32-14-7-6-8-20-9-12-27-23(16-20)25(18-31(2,3)44-27)38-29(42)21-10-11-24(33(34,35)36)22(17-21)26(13-15-43-4)40(28(41)19-32)30(37)39-32/h9-12,16-17,25-26H,5-8,13-15,18-19H2,1-4H3,(H2,37,39)(H,38,42)/t25-,26?,32+/m0/s1. The number of methoxy groups -OCH3 is 1. The second kappa shape index (κ2) is 12.1. The highest BCUT2D eigenvalue weighted by molar-refractivity contribution is 6.00. The van der Waals surface area contributed by atoms with E-state index in [9.17, 15) is 22.8 Å². The summed E-state index contributed by atoms with van der Waals surface area (Å²) in [6.45, 7) is 5.88. The van der Waals surface area contributed by atoms with Gasteiger partial charge in [-0.2, -0.15) is 13.2 Å². The van der Waals surface area contributed by atoms with Crippen molar-refractivity contribution in [3.8, 4) is 5.75 Å². The Labute approximate surface area is 256 Å². The molecule has 2 aromatic carbocycles. The lowest BCUT2D eigenvalue weighted by Gasteiger charge is -2.41. The summed E-state index contributed by atoms with van der Waals surface area (Å²) >= 11 is 0. The van der Waals surface area contributed by atoms with Crippen LogP contribution in [0.2, 0.25) is 0 Å². The number of rotatable bonds is 4.